The number of hydrogen-bond donors (Lipinski definition) is 0. The molecule has 0 atom stereocenters. The van der Waals surface area contributed by atoms with Gasteiger partial charge in [-0.1, -0.05) is 36.9 Å². The van der Waals surface area contributed by atoms with Gasteiger partial charge in [0.2, 0.25) is 5.78 Å². The molecule has 0 aliphatic carbocycles. The van der Waals surface area contributed by atoms with Gasteiger partial charge in [0.25, 0.3) is 0 Å². The Labute approximate surface area is 117 Å². The predicted octanol–water partition coefficient (Wildman–Crippen LogP) is 1.67. The quantitative estimate of drug-likeness (QED) is 0.759. The van der Waals surface area contributed by atoms with Gasteiger partial charge in [-0.25, -0.2) is 8.42 Å². The largest absolute Gasteiger partial charge is 0.287 e. The molecule has 5 nitrogen and oxygen atoms in total. The lowest BCUT2D eigenvalue weighted by atomic mass is 10.1. The fourth-order valence-electron chi connectivity index (χ4n) is 1.65. The number of aryl methyl sites for hydroxylation is 1. The van der Waals surface area contributed by atoms with Crippen LogP contribution in [0.15, 0.2) is 54.6 Å². The molecule has 6 heteroatoms. The van der Waals surface area contributed by atoms with Gasteiger partial charge in [-0.3, -0.25) is 9.48 Å². The second kappa shape index (κ2) is 5.83. The fraction of sp³-hybridized carbons (Fsp3) is 0.143. The molecule has 0 bridgehead atoms. The summed E-state index contributed by atoms with van der Waals surface area (Å²) in [7, 11) is -3.26. The third kappa shape index (κ3) is 3.42. The van der Waals surface area contributed by atoms with Gasteiger partial charge < -0.3 is 0 Å². The van der Waals surface area contributed by atoms with E-state index in [0.717, 1.165) is 5.41 Å². The Hall–Kier alpha value is -2.21. The first-order chi connectivity index (χ1) is 9.52. The summed E-state index contributed by atoms with van der Waals surface area (Å²) in [6.07, 6.45) is 1.59. The molecule has 2 rings (SSSR count). The Morgan fingerprint density at radius 3 is 2.60 bits per heavy atom. The summed E-state index contributed by atoms with van der Waals surface area (Å²) in [5.74, 6) is -0.270. The lowest BCUT2D eigenvalue weighted by molar-refractivity contribution is 0.103. The molecule has 0 unspecified atom stereocenters. The molecule has 1 aromatic heterocycles. The van der Waals surface area contributed by atoms with E-state index in [4.69, 9.17) is 0 Å². The second-order valence-corrected chi connectivity index (χ2v) is 6.26. The Morgan fingerprint density at radius 2 is 1.95 bits per heavy atom. The van der Waals surface area contributed by atoms with Gasteiger partial charge in [0.1, 0.15) is 5.69 Å². The van der Waals surface area contributed by atoms with Gasteiger partial charge in [0.05, 0.1) is 12.3 Å². The summed E-state index contributed by atoms with van der Waals surface area (Å²) >= 11 is 0. The molecule has 1 heterocycles. The van der Waals surface area contributed by atoms with Crippen LogP contribution in [0.3, 0.4) is 0 Å². The summed E-state index contributed by atoms with van der Waals surface area (Å²) < 4.78 is 24.1. The minimum Gasteiger partial charge on any atom is -0.287 e. The predicted molar refractivity (Wildman–Crippen MR) is 76.1 cm³/mol. The van der Waals surface area contributed by atoms with Crippen molar-refractivity contribution in [1.82, 2.24) is 9.78 Å². The van der Waals surface area contributed by atoms with Crippen LogP contribution in [0.4, 0.5) is 0 Å². The summed E-state index contributed by atoms with van der Waals surface area (Å²) in [4.78, 5) is 12.1. The van der Waals surface area contributed by atoms with E-state index >= 15 is 0 Å². The monoisotopic (exact) mass is 290 g/mol. The average molecular weight is 290 g/mol. The number of carbonyl (C=O) groups is 1. The van der Waals surface area contributed by atoms with E-state index in [0.29, 0.717) is 11.3 Å². The van der Waals surface area contributed by atoms with E-state index in [1.807, 2.05) is 6.07 Å². The van der Waals surface area contributed by atoms with Crippen molar-refractivity contribution in [2.75, 3.05) is 5.75 Å². The lowest BCUT2D eigenvalue weighted by Crippen LogP contribution is -2.12. The molecule has 20 heavy (non-hydrogen) atoms. The molecule has 0 spiro atoms. The van der Waals surface area contributed by atoms with Crippen molar-refractivity contribution < 1.29 is 13.2 Å². The van der Waals surface area contributed by atoms with Gasteiger partial charge in [0.15, 0.2) is 9.84 Å². The highest BCUT2D eigenvalue weighted by molar-refractivity contribution is 7.94. The van der Waals surface area contributed by atoms with Crippen LogP contribution in [-0.2, 0) is 16.4 Å². The molecule has 0 saturated heterocycles. The van der Waals surface area contributed by atoms with Crippen LogP contribution in [0.2, 0.25) is 0 Å². The van der Waals surface area contributed by atoms with E-state index in [1.54, 1.807) is 36.5 Å². The van der Waals surface area contributed by atoms with Crippen LogP contribution in [-0.4, -0.2) is 29.7 Å². The standard InChI is InChI=1S/C14H14N2O3S/c1-2-20(18,19)11-10-16-9-8-13(15-16)14(17)12-6-4-3-5-7-12/h2-9H,1,10-11H2. The molecule has 0 radical (unpaired) electrons. The first kappa shape index (κ1) is 14.2. The van der Waals surface area contributed by atoms with Crippen LogP contribution < -0.4 is 0 Å². The zero-order chi connectivity index (χ0) is 14.6. The third-order valence-corrected chi connectivity index (χ3v) is 4.03. The van der Waals surface area contributed by atoms with Gasteiger partial charge >= 0.3 is 0 Å². The van der Waals surface area contributed by atoms with E-state index < -0.39 is 9.84 Å². The smallest absolute Gasteiger partial charge is 0.213 e. The Bertz CT molecular complexity index is 718. The summed E-state index contributed by atoms with van der Waals surface area (Å²) in [6.45, 7) is 3.44. The average Bonchev–Trinajstić information content (AvgIpc) is 2.94. The number of rotatable bonds is 6. The highest BCUT2D eigenvalue weighted by Gasteiger charge is 2.12. The van der Waals surface area contributed by atoms with E-state index in [-0.39, 0.29) is 18.1 Å². The molecular weight excluding hydrogens is 276 g/mol. The van der Waals surface area contributed by atoms with Crippen LogP contribution >= 0.6 is 0 Å². The van der Waals surface area contributed by atoms with Gasteiger partial charge in [0, 0.05) is 17.2 Å². The molecule has 0 amide bonds. The van der Waals surface area contributed by atoms with Gasteiger partial charge in [-0.2, -0.15) is 5.10 Å². The summed E-state index contributed by atoms with van der Waals surface area (Å²) in [6, 6.07) is 10.4. The second-order valence-electron chi connectivity index (χ2n) is 4.19. The van der Waals surface area contributed by atoms with E-state index in [9.17, 15) is 13.2 Å². The van der Waals surface area contributed by atoms with Crippen molar-refractivity contribution in [3.8, 4) is 0 Å². The molecular formula is C14H14N2O3S. The molecule has 104 valence electrons. The first-order valence-corrected chi connectivity index (χ1v) is 7.72. The number of sulfone groups is 1. The zero-order valence-electron chi connectivity index (χ0n) is 10.8. The molecule has 0 saturated carbocycles. The number of benzene rings is 1. The minimum absolute atomic E-state index is 0.0862. The van der Waals surface area contributed by atoms with Crippen molar-refractivity contribution in [2.45, 2.75) is 6.54 Å². The van der Waals surface area contributed by atoms with Crippen LogP contribution in [0, 0.1) is 0 Å². The molecule has 0 fully saturated rings. The maximum atomic E-state index is 12.1. The van der Waals surface area contributed by atoms with E-state index in [2.05, 4.69) is 11.7 Å². The Kier molecular flexibility index (Phi) is 4.14. The zero-order valence-corrected chi connectivity index (χ0v) is 11.6. The van der Waals surface area contributed by atoms with Crippen molar-refractivity contribution in [1.29, 1.82) is 0 Å². The SMILES string of the molecule is C=CS(=O)(=O)CCn1ccc(C(=O)c2ccccc2)n1. The summed E-state index contributed by atoms with van der Waals surface area (Å²) in [5, 5.41) is 5.02. The maximum Gasteiger partial charge on any atom is 0.213 e. The van der Waals surface area contributed by atoms with Gasteiger partial charge in [-0.05, 0) is 6.07 Å². The number of carbonyl (C=O) groups excluding carboxylic acids is 1. The minimum atomic E-state index is -3.26. The molecule has 1 aromatic carbocycles. The van der Waals surface area contributed by atoms with Crippen LogP contribution in [0.25, 0.3) is 0 Å². The van der Waals surface area contributed by atoms with Crippen molar-refractivity contribution in [3.05, 3.63) is 65.8 Å². The highest BCUT2D eigenvalue weighted by Crippen LogP contribution is 2.07. The first-order valence-electron chi connectivity index (χ1n) is 6.00. The number of aromatic nitrogens is 2. The molecule has 0 N–H and O–H groups in total. The van der Waals surface area contributed by atoms with Gasteiger partial charge in [-0.15, -0.1) is 0 Å². The molecule has 0 aliphatic rings. The maximum absolute atomic E-state index is 12.1. The van der Waals surface area contributed by atoms with Crippen LogP contribution in [0.5, 0.6) is 0 Å². The highest BCUT2D eigenvalue weighted by atomic mass is 32.2. The number of ketones is 1. The topological polar surface area (TPSA) is 69.0 Å². The lowest BCUT2D eigenvalue weighted by Gasteiger charge is -2.00. The third-order valence-electron chi connectivity index (χ3n) is 2.77. The van der Waals surface area contributed by atoms with E-state index in [1.165, 1.54) is 4.68 Å². The van der Waals surface area contributed by atoms with Crippen LogP contribution in [0.1, 0.15) is 16.1 Å². The Balaban J connectivity index is 2.10. The van der Waals surface area contributed by atoms with Crippen molar-refractivity contribution in [3.63, 3.8) is 0 Å². The summed E-state index contributed by atoms with van der Waals surface area (Å²) in [5.41, 5.74) is 0.851. The normalized spacial score (nSPS) is 11.2. The fourth-order valence-corrected chi connectivity index (χ4v) is 2.26. The molecule has 0 aliphatic heterocycles. The molecule has 2 aromatic rings. The number of nitrogens with zero attached hydrogens (tertiary/aromatic N) is 2. The Morgan fingerprint density at radius 1 is 1.25 bits per heavy atom. The van der Waals surface area contributed by atoms with Crippen molar-refractivity contribution in [2.24, 2.45) is 0 Å². The van der Waals surface area contributed by atoms with Crippen molar-refractivity contribution >= 4 is 15.6 Å². The number of hydrogen-bond acceptors (Lipinski definition) is 4.